The average Bonchev–Trinajstić information content (AvgIpc) is 2.60. The Bertz CT molecular complexity index is 389. The monoisotopic (exact) mass is 224 g/mol. The predicted octanol–water partition coefficient (Wildman–Crippen LogP) is 2.14. The van der Waals surface area contributed by atoms with Gasteiger partial charge in [0.25, 0.3) is 0 Å². The summed E-state index contributed by atoms with van der Waals surface area (Å²) in [5, 5.41) is 9.31. The Balaban J connectivity index is 2.18. The van der Waals surface area contributed by atoms with Gasteiger partial charge in [-0.2, -0.15) is 0 Å². The van der Waals surface area contributed by atoms with Gasteiger partial charge in [0.05, 0.1) is 13.5 Å². The van der Waals surface area contributed by atoms with E-state index in [9.17, 15) is 9.90 Å². The zero-order valence-corrected chi connectivity index (χ0v) is 9.21. The van der Waals surface area contributed by atoms with Crippen molar-refractivity contribution in [2.75, 3.05) is 12.9 Å². The fourth-order valence-electron chi connectivity index (χ4n) is 1.72. The van der Waals surface area contributed by atoms with Crippen molar-refractivity contribution in [3.63, 3.8) is 0 Å². The lowest BCUT2D eigenvalue weighted by atomic mass is 9.98. The zero-order chi connectivity index (χ0) is 10.8. The zero-order valence-electron chi connectivity index (χ0n) is 8.40. The molecule has 4 heteroatoms. The van der Waals surface area contributed by atoms with Gasteiger partial charge in [0.15, 0.2) is 0 Å². The molecule has 1 unspecified atom stereocenters. The van der Waals surface area contributed by atoms with E-state index >= 15 is 0 Å². The van der Waals surface area contributed by atoms with Crippen LogP contribution in [0.4, 0.5) is 0 Å². The van der Waals surface area contributed by atoms with Gasteiger partial charge < -0.3 is 9.84 Å². The minimum atomic E-state index is -0.179. The highest BCUT2D eigenvalue weighted by atomic mass is 32.2. The molecule has 0 aliphatic carbocycles. The summed E-state index contributed by atoms with van der Waals surface area (Å²) in [6.45, 7) is 0. The number of carbonyl (C=O) groups excluding carboxylic acids is 1. The number of hydrogen-bond acceptors (Lipinski definition) is 4. The van der Waals surface area contributed by atoms with E-state index in [-0.39, 0.29) is 17.6 Å². The Morgan fingerprint density at radius 2 is 2.47 bits per heavy atom. The van der Waals surface area contributed by atoms with E-state index in [4.69, 9.17) is 0 Å². The smallest absolute Gasteiger partial charge is 0.306 e. The summed E-state index contributed by atoms with van der Waals surface area (Å²) in [6.07, 6.45) is 0.418. The standard InChI is InChI=1S/C11H12O3S/c1-14-11(13)4-7-6-15-10-5-8(12)2-3-9(7)10/h2-3,5,7,12H,4,6H2,1H3. The number of thioether (sulfide) groups is 1. The molecule has 0 fully saturated rings. The molecule has 2 rings (SSSR count). The van der Waals surface area contributed by atoms with Crippen LogP contribution in [0.3, 0.4) is 0 Å². The second-order valence-corrected chi connectivity index (χ2v) is 4.57. The molecule has 15 heavy (non-hydrogen) atoms. The maximum Gasteiger partial charge on any atom is 0.306 e. The summed E-state index contributed by atoms with van der Waals surface area (Å²) in [5.74, 6) is 1.20. The number of aromatic hydroxyl groups is 1. The maximum absolute atomic E-state index is 11.2. The summed E-state index contributed by atoms with van der Waals surface area (Å²) in [5.41, 5.74) is 1.14. The molecule has 0 bridgehead atoms. The van der Waals surface area contributed by atoms with E-state index in [1.807, 2.05) is 6.07 Å². The van der Waals surface area contributed by atoms with Crippen molar-refractivity contribution in [2.45, 2.75) is 17.2 Å². The van der Waals surface area contributed by atoms with Crippen LogP contribution in [0.15, 0.2) is 23.1 Å². The molecule has 0 radical (unpaired) electrons. The SMILES string of the molecule is COC(=O)CC1CSc2cc(O)ccc21. The second-order valence-electron chi connectivity index (χ2n) is 3.51. The van der Waals surface area contributed by atoms with Gasteiger partial charge in [-0.05, 0) is 17.7 Å². The van der Waals surface area contributed by atoms with Gasteiger partial charge in [-0.1, -0.05) is 6.07 Å². The van der Waals surface area contributed by atoms with Crippen LogP contribution in [0.5, 0.6) is 5.75 Å². The molecule has 1 aliphatic rings. The number of carbonyl (C=O) groups is 1. The van der Waals surface area contributed by atoms with Gasteiger partial charge in [0.2, 0.25) is 0 Å². The third kappa shape index (κ3) is 2.09. The number of methoxy groups -OCH3 is 1. The Labute approximate surface area is 92.4 Å². The summed E-state index contributed by atoms with van der Waals surface area (Å²) >= 11 is 1.67. The molecule has 0 amide bonds. The number of ether oxygens (including phenoxy) is 1. The van der Waals surface area contributed by atoms with Crippen LogP contribution in [-0.4, -0.2) is 23.9 Å². The first kappa shape index (κ1) is 10.4. The van der Waals surface area contributed by atoms with Crippen molar-refractivity contribution < 1.29 is 14.6 Å². The molecule has 1 aliphatic heterocycles. The highest BCUT2D eigenvalue weighted by Crippen LogP contribution is 2.42. The summed E-state index contributed by atoms with van der Waals surface area (Å²) in [4.78, 5) is 12.2. The molecule has 1 N–H and O–H groups in total. The van der Waals surface area contributed by atoms with E-state index in [1.165, 1.54) is 7.11 Å². The van der Waals surface area contributed by atoms with Gasteiger partial charge in [-0.15, -0.1) is 11.8 Å². The van der Waals surface area contributed by atoms with Crippen LogP contribution in [0.1, 0.15) is 17.9 Å². The quantitative estimate of drug-likeness (QED) is 0.782. The lowest BCUT2D eigenvalue weighted by Gasteiger charge is -2.08. The van der Waals surface area contributed by atoms with Gasteiger partial charge in [-0.3, -0.25) is 4.79 Å². The third-order valence-electron chi connectivity index (χ3n) is 2.52. The summed E-state index contributed by atoms with van der Waals surface area (Å²) in [7, 11) is 1.40. The van der Waals surface area contributed by atoms with Crippen LogP contribution in [0.2, 0.25) is 0 Å². The fourth-order valence-corrected chi connectivity index (χ4v) is 3.00. The highest BCUT2D eigenvalue weighted by molar-refractivity contribution is 7.99. The second kappa shape index (κ2) is 4.14. The van der Waals surface area contributed by atoms with Crippen LogP contribution < -0.4 is 0 Å². The molecule has 0 aromatic heterocycles. The number of rotatable bonds is 2. The van der Waals surface area contributed by atoms with E-state index in [1.54, 1.807) is 23.9 Å². The number of benzene rings is 1. The van der Waals surface area contributed by atoms with Gasteiger partial charge in [0.1, 0.15) is 5.75 Å². The number of phenolic OH excluding ortho intramolecular Hbond substituents is 1. The molecule has 80 valence electrons. The van der Waals surface area contributed by atoms with E-state index in [0.717, 1.165) is 16.2 Å². The Kier molecular flexibility index (Phi) is 2.86. The molecule has 1 atom stereocenters. The molecule has 3 nitrogen and oxygen atoms in total. The van der Waals surface area contributed by atoms with Crippen molar-refractivity contribution in [2.24, 2.45) is 0 Å². The highest BCUT2D eigenvalue weighted by Gasteiger charge is 2.25. The van der Waals surface area contributed by atoms with Crippen molar-refractivity contribution >= 4 is 17.7 Å². The number of hydrogen-bond donors (Lipinski definition) is 1. The molecule has 0 saturated carbocycles. The first-order chi connectivity index (χ1) is 7.20. The molecule has 1 aromatic carbocycles. The van der Waals surface area contributed by atoms with Crippen LogP contribution in [0, 0.1) is 0 Å². The van der Waals surface area contributed by atoms with Gasteiger partial charge in [-0.25, -0.2) is 0 Å². The van der Waals surface area contributed by atoms with Gasteiger partial charge in [0, 0.05) is 16.6 Å². The Morgan fingerprint density at radius 3 is 3.20 bits per heavy atom. The molecular weight excluding hydrogens is 212 g/mol. The fraction of sp³-hybridized carbons (Fsp3) is 0.364. The minimum Gasteiger partial charge on any atom is -0.508 e. The van der Waals surface area contributed by atoms with Crippen LogP contribution in [-0.2, 0) is 9.53 Å². The third-order valence-corrected chi connectivity index (χ3v) is 3.75. The number of fused-ring (bicyclic) bond motifs is 1. The molecule has 1 heterocycles. The Morgan fingerprint density at radius 1 is 1.67 bits per heavy atom. The number of phenols is 1. The summed E-state index contributed by atoms with van der Waals surface area (Å²) < 4.78 is 4.65. The Hall–Kier alpha value is -1.16. The predicted molar refractivity (Wildman–Crippen MR) is 58.2 cm³/mol. The minimum absolute atomic E-state index is 0.179. The van der Waals surface area contributed by atoms with Crippen molar-refractivity contribution in [1.82, 2.24) is 0 Å². The van der Waals surface area contributed by atoms with Crippen molar-refractivity contribution in [3.05, 3.63) is 23.8 Å². The van der Waals surface area contributed by atoms with Crippen molar-refractivity contribution in [1.29, 1.82) is 0 Å². The maximum atomic E-state index is 11.2. The first-order valence-electron chi connectivity index (χ1n) is 4.73. The largest absolute Gasteiger partial charge is 0.508 e. The van der Waals surface area contributed by atoms with Gasteiger partial charge >= 0.3 is 5.97 Å². The summed E-state index contributed by atoms with van der Waals surface area (Å²) in [6, 6.07) is 5.30. The first-order valence-corrected chi connectivity index (χ1v) is 5.72. The van der Waals surface area contributed by atoms with E-state index in [0.29, 0.717) is 6.42 Å². The lowest BCUT2D eigenvalue weighted by Crippen LogP contribution is -2.07. The molecule has 0 saturated heterocycles. The number of esters is 1. The average molecular weight is 224 g/mol. The van der Waals surface area contributed by atoms with Crippen LogP contribution >= 0.6 is 11.8 Å². The normalized spacial score (nSPS) is 18.6. The lowest BCUT2D eigenvalue weighted by molar-refractivity contribution is -0.140. The van der Waals surface area contributed by atoms with E-state index < -0.39 is 0 Å². The topological polar surface area (TPSA) is 46.5 Å². The van der Waals surface area contributed by atoms with Crippen LogP contribution in [0.25, 0.3) is 0 Å². The molecular formula is C11H12O3S. The molecule has 1 aromatic rings. The van der Waals surface area contributed by atoms with Crippen molar-refractivity contribution in [3.8, 4) is 5.75 Å². The van der Waals surface area contributed by atoms with E-state index in [2.05, 4.69) is 4.74 Å². The molecule has 0 spiro atoms.